The Morgan fingerprint density at radius 1 is 1.20 bits per heavy atom. The Labute approximate surface area is 199 Å². The number of hydrogen-bond donors (Lipinski definition) is 1. The van der Waals surface area contributed by atoms with Crippen LogP contribution in [0.25, 0.3) is 5.82 Å². The average molecular weight is 490 g/mol. The maximum atomic E-state index is 13.0. The Kier molecular flexibility index (Phi) is 6.35. The van der Waals surface area contributed by atoms with Gasteiger partial charge in [0.25, 0.3) is 5.91 Å². The van der Waals surface area contributed by atoms with Crippen LogP contribution in [0.4, 0.5) is 18.9 Å². The van der Waals surface area contributed by atoms with Crippen molar-refractivity contribution in [3.63, 3.8) is 0 Å². The van der Waals surface area contributed by atoms with E-state index in [1.807, 2.05) is 17.2 Å². The summed E-state index contributed by atoms with van der Waals surface area (Å²) in [6.45, 7) is 6.72. The number of carbonyl (C=O) groups is 2. The fourth-order valence-corrected chi connectivity index (χ4v) is 4.69. The van der Waals surface area contributed by atoms with Gasteiger partial charge in [0.1, 0.15) is 5.54 Å². The van der Waals surface area contributed by atoms with Crippen molar-refractivity contribution < 1.29 is 32.3 Å². The zero-order valence-electron chi connectivity index (χ0n) is 19.2. The summed E-state index contributed by atoms with van der Waals surface area (Å²) < 4.78 is 39.3. The van der Waals surface area contributed by atoms with Gasteiger partial charge in [-0.1, -0.05) is 13.8 Å². The van der Waals surface area contributed by atoms with Crippen LogP contribution in [0.5, 0.6) is 0 Å². The number of rotatable bonds is 3. The number of halogens is 3. The van der Waals surface area contributed by atoms with Crippen LogP contribution in [-0.2, 0) is 10.3 Å². The van der Waals surface area contributed by atoms with E-state index in [2.05, 4.69) is 52.7 Å². The van der Waals surface area contributed by atoms with E-state index in [9.17, 15) is 18.0 Å². The van der Waals surface area contributed by atoms with Crippen LogP contribution in [0.15, 0.2) is 59.5 Å². The fraction of sp³-hybridized carbons (Fsp3) is 0.375. The van der Waals surface area contributed by atoms with E-state index in [-0.39, 0.29) is 11.4 Å². The number of carbonyl (C=O) groups excluding carboxylic acids is 1. The Balaban J connectivity index is 0.000000364. The molecule has 3 aromatic heterocycles. The van der Waals surface area contributed by atoms with Gasteiger partial charge < -0.3 is 23.9 Å². The van der Waals surface area contributed by atoms with Crippen molar-refractivity contribution in [3.8, 4) is 5.82 Å². The summed E-state index contributed by atoms with van der Waals surface area (Å²) in [5.41, 5.74) is 2.08. The van der Waals surface area contributed by atoms with Crippen LogP contribution in [0, 0.1) is 5.92 Å². The number of fused-ring (bicyclic) bond motifs is 4. The number of hydrogen-bond acceptors (Lipinski definition) is 5. The SMILES string of the molecule is CC(C)CN1c2cccnc2-n2cccc2C12CCN(C(=O)c1ccco1)C2.O=C(O)C(F)(F)F. The lowest BCUT2D eigenvalue weighted by Gasteiger charge is -2.47. The average Bonchev–Trinajstić information content (AvgIpc) is 3.57. The lowest BCUT2D eigenvalue weighted by molar-refractivity contribution is -0.192. The summed E-state index contributed by atoms with van der Waals surface area (Å²) in [6.07, 6.45) is 1.27. The standard InChI is InChI=1S/C22H24N4O2.C2HF3O2/c1-16(2)14-26-17-6-3-10-23-20(17)25-11-4-8-19(25)22(26)9-12-24(15-22)21(27)18-7-5-13-28-18;3-2(4,5)1(6)7/h3-8,10-11,13,16H,9,12,14-15H2,1-2H3;(H,6,7). The summed E-state index contributed by atoms with van der Waals surface area (Å²) in [7, 11) is 0. The van der Waals surface area contributed by atoms with Gasteiger partial charge in [0.2, 0.25) is 0 Å². The van der Waals surface area contributed by atoms with E-state index < -0.39 is 12.1 Å². The second-order valence-electron chi connectivity index (χ2n) is 8.90. The summed E-state index contributed by atoms with van der Waals surface area (Å²) >= 11 is 0. The highest BCUT2D eigenvalue weighted by Gasteiger charge is 2.51. The van der Waals surface area contributed by atoms with E-state index >= 15 is 0 Å². The molecular formula is C24H25F3N4O4. The molecule has 35 heavy (non-hydrogen) atoms. The lowest BCUT2D eigenvalue weighted by atomic mass is 9.88. The molecule has 2 aliphatic heterocycles. The number of alkyl halides is 3. The van der Waals surface area contributed by atoms with Crippen LogP contribution >= 0.6 is 0 Å². The normalized spacial score (nSPS) is 18.8. The molecule has 0 aromatic carbocycles. The quantitative estimate of drug-likeness (QED) is 0.588. The molecule has 1 N–H and O–H groups in total. The van der Waals surface area contributed by atoms with Crippen molar-refractivity contribution in [3.05, 3.63) is 66.5 Å². The Morgan fingerprint density at radius 3 is 2.57 bits per heavy atom. The van der Waals surface area contributed by atoms with Crippen molar-refractivity contribution >= 4 is 17.6 Å². The highest BCUT2D eigenvalue weighted by molar-refractivity contribution is 5.92. The van der Waals surface area contributed by atoms with Gasteiger partial charge in [0.15, 0.2) is 11.6 Å². The summed E-state index contributed by atoms with van der Waals surface area (Å²) in [4.78, 5) is 30.9. The number of carboxylic acid groups (broad SMARTS) is 1. The van der Waals surface area contributed by atoms with Crippen molar-refractivity contribution in [2.45, 2.75) is 32.0 Å². The molecule has 0 aliphatic carbocycles. The molecule has 1 unspecified atom stereocenters. The second kappa shape index (κ2) is 9.12. The van der Waals surface area contributed by atoms with Crippen molar-refractivity contribution in [1.82, 2.24) is 14.5 Å². The Hall–Kier alpha value is -3.76. The monoisotopic (exact) mass is 490 g/mol. The van der Waals surface area contributed by atoms with E-state index in [1.165, 1.54) is 5.69 Å². The number of aromatic nitrogens is 2. The van der Waals surface area contributed by atoms with Crippen molar-refractivity contribution in [2.75, 3.05) is 24.5 Å². The largest absolute Gasteiger partial charge is 0.490 e. The predicted octanol–water partition coefficient (Wildman–Crippen LogP) is 4.32. The molecule has 11 heteroatoms. The van der Waals surface area contributed by atoms with E-state index in [1.54, 1.807) is 18.4 Å². The fourth-order valence-electron chi connectivity index (χ4n) is 4.69. The number of aliphatic carboxylic acids is 1. The van der Waals surface area contributed by atoms with Gasteiger partial charge in [-0.25, -0.2) is 9.78 Å². The summed E-state index contributed by atoms with van der Waals surface area (Å²) in [6, 6.07) is 11.9. The minimum Gasteiger partial charge on any atom is -0.475 e. The first-order chi connectivity index (χ1) is 16.5. The number of anilines is 1. The van der Waals surface area contributed by atoms with Gasteiger partial charge in [-0.05, 0) is 48.7 Å². The molecule has 1 amide bonds. The third-order valence-electron chi connectivity index (χ3n) is 6.08. The van der Waals surface area contributed by atoms with Gasteiger partial charge >= 0.3 is 12.1 Å². The van der Waals surface area contributed by atoms with Crippen LogP contribution < -0.4 is 4.90 Å². The molecular weight excluding hydrogens is 465 g/mol. The van der Waals surface area contributed by atoms with Crippen LogP contribution in [0.3, 0.4) is 0 Å². The number of nitrogens with zero attached hydrogens (tertiary/aromatic N) is 4. The van der Waals surface area contributed by atoms with E-state index in [0.717, 1.165) is 24.5 Å². The van der Waals surface area contributed by atoms with E-state index in [0.29, 0.717) is 24.8 Å². The zero-order chi connectivity index (χ0) is 25.4. The molecule has 3 aromatic rings. The van der Waals surface area contributed by atoms with Gasteiger partial charge in [-0.3, -0.25) is 4.79 Å². The molecule has 1 fully saturated rings. The van der Waals surface area contributed by atoms with Crippen molar-refractivity contribution in [2.24, 2.45) is 5.92 Å². The molecule has 5 heterocycles. The van der Waals surface area contributed by atoms with Gasteiger partial charge in [-0.2, -0.15) is 13.2 Å². The lowest BCUT2D eigenvalue weighted by Crippen LogP contribution is -2.54. The second-order valence-corrected chi connectivity index (χ2v) is 8.90. The molecule has 0 saturated carbocycles. The molecule has 186 valence electrons. The smallest absolute Gasteiger partial charge is 0.475 e. The third kappa shape index (κ3) is 4.50. The number of amides is 1. The molecule has 2 aliphatic rings. The van der Waals surface area contributed by atoms with Crippen LogP contribution in [-0.4, -0.2) is 57.2 Å². The Morgan fingerprint density at radius 2 is 1.94 bits per heavy atom. The number of likely N-dealkylation sites (tertiary alicyclic amines) is 1. The summed E-state index contributed by atoms with van der Waals surface area (Å²) in [5.74, 6) is -0.944. The maximum absolute atomic E-state index is 13.0. The Bertz CT molecular complexity index is 1210. The zero-order valence-corrected chi connectivity index (χ0v) is 19.2. The van der Waals surface area contributed by atoms with Gasteiger partial charge in [-0.15, -0.1) is 0 Å². The van der Waals surface area contributed by atoms with Gasteiger partial charge in [0.05, 0.1) is 24.2 Å². The molecule has 0 radical (unpaired) electrons. The maximum Gasteiger partial charge on any atom is 0.490 e. The van der Waals surface area contributed by atoms with Crippen LogP contribution in [0.2, 0.25) is 0 Å². The molecule has 1 saturated heterocycles. The number of furan rings is 1. The van der Waals surface area contributed by atoms with Gasteiger partial charge in [0, 0.05) is 25.5 Å². The molecule has 0 bridgehead atoms. The highest BCUT2D eigenvalue weighted by Crippen LogP contribution is 2.47. The summed E-state index contributed by atoms with van der Waals surface area (Å²) in [5, 5.41) is 7.12. The van der Waals surface area contributed by atoms with E-state index in [4.69, 9.17) is 14.3 Å². The molecule has 5 rings (SSSR count). The molecule has 1 atom stereocenters. The highest BCUT2D eigenvalue weighted by atomic mass is 19.4. The number of carboxylic acids is 1. The first kappa shape index (κ1) is 24.4. The minimum absolute atomic E-state index is 0.0403. The topological polar surface area (TPSA) is 91.8 Å². The first-order valence-corrected chi connectivity index (χ1v) is 11.1. The predicted molar refractivity (Wildman–Crippen MR) is 120 cm³/mol. The molecule has 8 nitrogen and oxygen atoms in total. The molecule has 1 spiro atoms. The minimum atomic E-state index is -5.08. The number of pyridine rings is 1. The third-order valence-corrected chi connectivity index (χ3v) is 6.08. The first-order valence-electron chi connectivity index (χ1n) is 11.1. The van der Waals surface area contributed by atoms with Crippen molar-refractivity contribution in [1.29, 1.82) is 0 Å². The van der Waals surface area contributed by atoms with Crippen LogP contribution in [0.1, 0.15) is 36.5 Å².